The number of rotatable bonds is 2. The fraction of sp³-hybridized carbons (Fsp3) is 0.923. The maximum absolute atomic E-state index is 12.2. The Labute approximate surface area is 115 Å². The van der Waals surface area contributed by atoms with Gasteiger partial charge in [-0.3, -0.25) is 4.79 Å². The van der Waals surface area contributed by atoms with Gasteiger partial charge in [-0.1, -0.05) is 6.42 Å². The van der Waals surface area contributed by atoms with Gasteiger partial charge in [-0.2, -0.15) is 0 Å². The van der Waals surface area contributed by atoms with Crippen LogP contribution in [-0.4, -0.2) is 49.7 Å². The molecule has 3 aliphatic rings. The molecule has 0 aromatic heterocycles. The zero-order chi connectivity index (χ0) is 11.7. The van der Waals surface area contributed by atoms with Crippen LogP contribution in [-0.2, 0) is 9.53 Å². The molecule has 1 aliphatic carbocycles. The van der Waals surface area contributed by atoms with Gasteiger partial charge in [-0.25, -0.2) is 0 Å². The molecule has 3 unspecified atom stereocenters. The average Bonchev–Trinajstić information content (AvgIpc) is 2.90. The van der Waals surface area contributed by atoms with Crippen molar-refractivity contribution in [3.8, 4) is 0 Å². The van der Waals surface area contributed by atoms with Crippen LogP contribution in [0.2, 0.25) is 0 Å². The maximum Gasteiger partial charge on any atom is 0.225 e. The van der Waals surface area contributed by atoms with Crippen LogP contribution < -0.4 is 5.32 Å². The first-order valence-corrected chi connectivity index (χ1v) is 6.93. The molecular formula is C13H23ClN2O2. The van der Waals surface area contributed by atoms with Crippen LogP contribution in [0.1, 0.15) is 25.7 Å². The molecule has 0 spiro atoms. The van der Waals surface area contributed by atoms with Gasteiger partial charge in [0, 0.05) is 26.2 Å². The van der Waals surface area contributed by atoms with Gasteiger partial charge in [-0.15, -0.1) is 12.4 Å². The lowest BCUT2D eigenvalue weighted by atomic mass is 10.0. The molecule has 3 atom stereocenters. The first-order valence-electron chi connectivity index (χ1n) is 6.93. The van der Waals surface area contributed by atoms with E-state index >= 15 is 0 Å². The molecule has 104 valence electrons. The number of nitrogens with one attached hydrogen (secondary N) is 1. The summed E-state index contributed by atoms with van der Waals surface area (Å²) in [6.45, 7) is 4.49. The van der Waals surface area contributed by atoms with Crippen molar-refractivity contribution in [1.82, 2.24) is 10.2 Å². The lowest BCUT2D eigenvalue weighted by Gasteiger charge is -2.25. The first kappa shape index (κ1) is 14.1. The summed E-state index contributed by atoms with van der Waals surface area (Å²) in [5, 5.41) is 3.27. The van der Waals surface area contributed by atoms with Crippen molar-refractivity contribution < 1.29 is 9.53 Å². The van der Waals surface area contributed by atoms with Gasteiger partial charge >= 0.3 is 0 Å². The Hall–Kier alpha value is -0.320. The normalized spacial score (nSPS) is 35.1. The Morgan fingerprint density at radius 1 is 1.28 bits per heavy atom. The van der Waals surface area contributed by atoms with E-state index in [-0.39, 0.29) is 18.5 Å². The molecule has 0 radical (unpaired) electrons. The van der Waals surface area contributed by atoms with Crippen LogP contribution in [0.25, 0.3) is 0 Å². The number of carbonyl (C=O) groups is 1. The lowest BCUT2D eigenvalue weighted by molar-refractivity contribution is -0.134. The highest BCUT2D eigenvalue weighted by Crippen LogP contribution is 2.37. The maximum atomic E-state index is 12.2. The van der Waals surface area contributed by atoms with Crippen LogP contribution in [0, 0.1) is 11.8 Å². The van der Waals surface area contributed by atoms with Gasteiger partial charge in [0.25, 0.3) is 0 Å². The van der Waals surface area contributed by atoms with E-state index in [1.807, 2.05) is 0 Å². The van der Waals surface area contributed by atoms with Crippen LogP contribution in [0.5, 0.6) is 0 Å². The number of nitrogens with zero attached hydrogens (tertiary/aromatic N) is 1. The summed E-state index contributed by atoms with van der Waals surface area (Å²) in [5.41, 5.74) is 0. The molecule has 1 saturated carbocycles. The minimum atomic E-state index is 0. The van der Waals surface area contributed by atoms with Gasteiger partial charge in [0.15, 0.2) is 0 Å². The molecule has 2 saturated heterocycles. The van der Waals surface area contributed by atoms with E-state index in [2.05, 4.69) is 10.2 Å². The third-order valence-corrected chi connectivity index (χ3v) is 4.49. The molecule has 5 heteroatoms. The molecule has 1 N–H and O–H groups in total. The molecule has 1 amide bonds. The predicted octanol–water partition coefficient (Wildman–Crippen LogP) is 1.05. The number of hydrogen-bond acceptors (Lipinski definition) is 3. The number of halogens is 1. The first-order chi connectivity index (χ1) is 8.33. The van der Waals surface area contributed by atoms with E-state index in [1.165, 1.54) is 19.3 Å². The average molecular weight is 275 g/mol. The standard InChI is InChI=1S/C13H22N2O2.ClH/c16-13(6-12-7-14-4-5-17-12)15-8-10-2-1-3-11(10)9-15;/h10-12,14H,1-9H2;1H. The van der Waals surface area contributed by atoms with E-state index in [0.717, 1.165) is 44.6 Å². The van der Waals surface area contributed by atoms with Crippen LogP contribution >= 0.6 is 12.4 Å². The van der Waals surface area contributed by atoms with Gasteiger partial charge in [0.05, 0.1) is 19.1 Å². The Morgan fingerprint density at radius 3 is 2.61 bits per heavy atom. The van der Waals surface area contributed by atoms with Crippen molar-refractivity contribution in [2.45, 2.75) is 31.8 Å². The molecule has 18 heavy (non-hydrogen) atoms. The fourth-order valence-electron chi connectivity index (χ4n) is 3.51. The van der Waals surface area contributed by atoms with Crippen LogP contribution in [0.3, 0.4) is 0 Å². The van der Waals surface area contributed by atoms with Crippen molar-refractivity contribution in [2.24, 2.45) is 11.8 Å². The number of fused-ring (bicyclic) bond motifs is 1. The highest BCUT2D eigenvalue weighted by molar-refractivity contribution is 5.85. The van der Waals surface area contributed by atoms with Crippen molar-refractivity contribution in [3.63, 3.8) is 0 Å². The van der Waals surface area contributed by atoms with E-state index in [1.54, 1.807) is 0 Å². The smallest absolute Gasteiger partial charge is 0.225 e. The summed E-state index contributed by atoms with van der Waals surface area (Å²) >= 11 is 0. The Kier molecular flexibility index (Phi) is 4.87. The summed E-state index contributed by atoms with van der Waals surface area (Å²) in [6, 6.07) is 0. The van der Waals surface area contributed by atoms with E-state index in [9.17, 15) is 4.79 Å². The highest BCUT2D eigenvalue weighted by Gasteiger charge is 2.38. The molecule has 2 heterocycles. The molecule has 3 rings (SSSR count). The van der Waals surface area contributed by atoms with Crippen molar-refractivity contribution in [1.29, 1.82) is 0 Å². The topological polar surface area (TPSA) is 41.6 Å². The van der Waals surface area contributed by atoms with Crippen molar-refractivity contribution in [3.05, 3.63) is 0 Å². The highest BCUT2D eigenvalue weighted by atomic mass is 35.5. The summed E-state index contributed by atoms with van der Waals surface area (Å²) < 4.78 is 5.59. The van der Waals surface area contributed by atoms with Gasteiger partial charge in [-0.05, 0) is 24.7 Å². The SMILES string of the molecule is Cl.O=C(CC1CNCCO1)N1CC2CCCC2C1. The molecule has 2 aliphatic heterocycles. The number of amides is 1. The zero-order valence-electron chi connectivity index (χ0n) is 10.8. The second kappa shape index (κ2) is 6.22. The summed E-state index contributed by atoms with van der Waals surface area (Å²) in [6.07, 6.45) is 4.68. The minimum Gasteiger partial charge on any atom is -0.375 e. The molecule has 3 fully saturated rings. The van der Waals surface area contributed by atoms with E-state index < -0.39 is 0 Å². The Balaban J connectivity index is 0.00000120. The third kappa shape index (κ3) is 2.98. The molecule has 4 nitrogen and oxygen atoms in total. The quantitative estimate of drug-likeness (QED) is 0.818. The van der Waals surface area contributed by atoms with Crippen LogP contribution in [0.4, 0.5) is 0 Å². The second-order valence-corrected chi connectivity index (χ2v) is 5.65. The summed E-state index contributed by atoms with van der Waals surface area (Å²) in [5.74, 6) is 1.89. The number of likely N-dealkylation sites (tertiary alicyclic amines) is 1. The van der Waals surface area contributed by atoms with Crippen molar-refractivity contribution in [2.75, 3.05) is 32.8 Å². The van der Waals surface area contributed by atoms with Gasteiger partial charge in [0.1, 0.15) is 0 Å². The van der Waals surface area contributed by atoms with E-state index in [4.69, 9.17) is 4.74 Å². The number of carbonyl (C=O) groups excluding carboxylic acids is 1. The Morgan fingerprint density at radius 2 is 2.00 bits per heavy atom. The summed E-state index contributed by atoms with van der Waals surface area (Å²) in [7, 11) is 0. The monoisotopic (exact) mass is 274 g/mol. The number of ether oxygens (including phenoxy) is 1. The van der Waals surface area contributed by atoms with Crippen LogP contribution in [0.15, 0.2) is 0 Å². The predicted molar refractivity (Wildman–Crippen MR) is 71.9 cm³/mol. The largest absolute Gasteiger partial charge is 0.375 e. The zero-order valence-corrected chi connectivity index (χ0v) is 11.6. The van der Waals surface area contributed by atoms with E-state index in [0.29, 0.717) is 12.3 Å². The van der Waals surface area contributed by atoms with Gasteiger partial charge in [0.2, 0.25) is 5.91 Å². The molecule has 0 aromatic rings. The Bertz CT molecular complexity index is 283. The minimum absolute atomic E-state index is 0. The summed E-state index contributed by atoms with van der Waals surface area (Å²) in [4.78, 5) is 14.2. The second-order valence-electron chi connectivity index (χ2n) is 5.65. The lowest BCUT2D eigenvalue weighted by Crippen LogP contribution is -2.42. The molecule has 0 aromatic carbocycles. The number of morpholine rings is 1. The van der Waals surface area contributed by atoms with Gasteiger partial charge < -0.3 is 15.0 Å². The fourth-order valence-corrected chi connectivity index (χ4v) is 3.51. The molecular weight excluding hydrogens is 252 g/mol. The number of hydrogen-bond donors (Lipinski definition) is 1. The third-order valence-electron chi connectivity index (χ3n) is 4.49. The molecule has 0 bridgehead atoms. The van der Waals surface area contributed by atoms with Crippen molar-refractivity contribution >= 4 is 18.3 Å².